The summed E-state index contributed by atoms with van der Waals surface area (Å²) in [5.41, 5.74) is 6.31. The van der Waals surface area contributed by atoms with Gasteiger partial charge in [-0.1, -0.05) is 13.8 Å². The molecule has 1 heterocycles. The molecule has 0 amide bonds. The first-order valence-corrected chi connectivity index (χ1v) is 6.64. The number of nitrogens with two attached hydrogens (primary N) is 1. The molecule has 0 spiro atoms. The molecular weight excluding hydrogens is 184 g/mol. The zero-order valence-electron chi connectivity index (χ0n) is 10.3. The van der Waals surface area contributed by atoms with Gasteiger partial charge in [0.2, 0.25) is 0 Å². The Bertz CT molecular complexity index is 187. The molecule has 4 unspecified atom stereocenters. The van der Waals surface area contributed by atoms with Crippen LogP contribution in [-0.4, -0.2) is 30.6 Å². The van der Waals surface area contributed by atoms with E-state index in [9.17, 15) is 0 Å². The lowest BCUT2D eigenvalue weighted by molar-refractivity contribution is 0.129. The number of nitrogens with zero attached hydrogens (tertiary/aromatic N) is 1. The monoisotopic (exact) mass is 210 g/mol. The Kier molecular flexibility index (Phi) is 3.68. The molecule has 2 nitrogen and oxygen atoms in total. The van der Waals surface area contributed by atoms with Gasteiger partial charge in [0.25, 0.3) is 0 Å². The van der Waals surface area contributed by atoms with Gasteiger partial charge in [0.05, 0.1) is 0 Å². The van der Waals surface area contributed by atoms with Gasteiger partial charge in [0, 0.05) is 12.6 Å². The molecule has 2 heteroatoms. The number of rotatable bonds is 2. The highest BCUT2D eigenvalue weighted by Gasteiger charge is 2.33. The van der Waals surface area contributed by atoms with E-state index in [1.54, 1.807) is 0 Å². The highest BCUT2D eigenvalue weighted by atomic mass is 15.1. The minimum atomic E-state index is 0.448. The van der Waals surface area contributed by atoms with Crippen LogP contribution in [0.15, 0.2) is 0 Å². The van der Waals surface area contributed by atoms with E-state index in [0.29, 0.717) is 6.04 Å². The lowest BCUT2D eigenvalue weighted by atomic mass is 9.72. The van der Waals surface area contributed by atoms with Gasteiger partial charge in [0.1, 0.15) is 0 Å². The van der Waals surface area contributed by atoms with Crippen LogP contribution in [0.1, 0.15) is 39.5 Å². The quantitative estimate of drug-likeness (QED) is 0.756. The van der Waals surface area contributed by atoms with E-state index >= 15 is 0 Å². The van der Waals surface area contributed by atoms with E-state index in [4.69, 9.17) is 5.73 Å². The van der Waals surface area contributed by atoms with E-state index in [-0.39, 0.29) is 0 Å². The highest BCUT2D eigenvalue weighted by Crippen LogP contribution is 2.33. The summed E-state index contributed by atoms with van der Waals surface area (Å²) in [6.07, 6.45) is 5.41. The topological polar surface area (TPSA) is 29.3 Å². The molecule has 15 heavy (non-hydrogen) atoms. The molecule has 0 aromatic rings. The summed E-state index contributed by atoms with van der Waals surface area (Å²) in [5.74, 6) is 2.41. The fraction of sp³-hybridized carbons (Fsp3) is 1.00. The van der Waals surface area contributed by atoms with Crippen molar-refractivity contribution in [3.05, 3.63) is 0 Å². The van der Waals surface area contributed by atoms with Crippen LogP contribution in [0.3, 0.4) is 0 Å². The van der Waals surface area contributed by atoms with Crippen molar-refractivity contribution in [3.63, 3.8) is 0 Å². The van der Waals surface area contributed by atoms with E-state index in [1.807, 2.05) is 0 Å². The van der Waals surface area contributed by atoms with Gasteiger partial charge < -0.3 is 10.6 Å². The first kappa shape index (κ1) is 11.4. The molecule has 0 bridgehead atoms. The van der Waals surface area contributed by atoms with Gasteiger partial charge in [-0.25, -0.2) is 0 Å². The maximum atomic E-state index is 6.31. The maximum absolute atomic E-state index is 6.31. The number of likely N-dealkylation sites (tertiary alicyclic amines) is 1. The summed E-state index contributed by atoms with van der Waals surface area (Å²) in [7, 11) is 0. The van der Waals surface area contributed by atoms with Gasteiger partial charge in [-0.05, 0) is 56.5 Å². The van der Waals surface area contributed by atoms with Crippen LogP contribution in [-0.2, 0) is 0 Å². The summed E-state index contributed by atoms with van der Waals surface area (Å²) in [5, 5.41) is 0. The predicted octanol–water partition coefficient (Wildman–Crippen LogP) is 2.09. The van der Waals surface area contributed by atoms with Crippen LogP contribution < -0.4 is 5.73 Å². The van der Waals surface area contributed by atoms with Crippen LogP contribution in [0.4, 0.5) is 0 Å². The molecule has 0 radical (unpaired) electrons. The third kappa shape index (κ3) is 2.73. The Morgan fingerprint density at radius 3 is 2.40 bits per heavy atom. The van der Waals surface area contributed by atoms with E-state index in [2.05, 4.69) is 18.7 Å². The maximum Gasteiger partial charge on any atom is 0.00844 e. The SMILES string of the molecule is CC1CC(C)C(CN2CCCC2)C(N)C1. The fourth-order valence-corrected chi connectivity index (χ4v) is 3.55. The zero-order valence-corrected chi connectivity index (χ0v) is 10.3. The van der Waals surface area contributed by atoms with Crippen LogP contribution in [0.25, 0.3) is 0 Å². The van der Waals surface area contributed by atoms with Gasteiger partial charge in [0.15, 0.2) is 0 Å². The molecule has 88 valence electrons. The molecule has 1 saturated heterocycles. The van der Waals surface area contributed by atoms with Crippen molar-refractivity contribution in [2.45, 2.75) is 45.6 Å². The molecular formula is C13H26N2. The predicted molar refractivity (Wildman–Crippen MR) is 64.7 cm³/mol. The third-order valence-corrected chi connectivity index (χ3v) is 4.40. The lowest BCUT2D eigenvalue weighted by Crippen LogP contribution is -2.46. The van der Waals surface area contributed by atoms with Crippen LogP contribution in [0.5, 0.6) is 0 Å². The Hall–Kier alpha value is -0.0800. The Morgan fingerprint density at radius 1 is 1.13 bits per heavy atom. The lowest BCUT2D eigenvalue weighted by Gasteiger charge is -2.39. The summed E-state index contributed by atoms with van der Waals surface area (Å²) < 4.78 is 0. The van der Waals surface area contributed by atoms with Gasteiger partial charge >= 0.3 is 0 Å². The third-order valence-electron chi connectivity index (χ3n) is 4.40. The van der Waals surface area contributed by atoms with E-state index < -0.39 is 0 Å². The average Bonchev–Trinajstić information content (AvgIpc) is 2.63. The molecule has 2 rings (SSSR count). The Morgan fingerprint density at radius 2 is 1.80 bits per heavy atom. The minimum absolute atomic E-state index is 0.448. The second-order valence-corrected chi connectivity index (χ2v) is 5.89. The van der Waals surface area contributed by atoms with Gasteiger partial charge in [-0.3, -0.25) is 0 Å². The number of hydrogen-bond donors (Lipinski definition) is 1. The molecule has 2 fully saturated rings. The van der Waals surface area contributed by atoms with Crippen LogP contribution in [0.2, 0.25) is 0 Å². The molecule has 1 aliphatic heterocycles. The van der Waals surface area contributed by atoms with E-state index in [0.717, 1.165) is 17.8 Å². The molecule has 0 aromatic carbocycles. The summed E-state index contributed by atoms with van der Waals surface area (Å²) in [6, 6.07) is 0.448. The van der Waals surface area contributed by atoms with Crippen molar-refractivity contribution in [2.24, 2.45) is 23.5 Å². The fourth-order valence-electron chi connectivity index (χ4n) is 3.55. The average molecular weight is 210 g/mol. The van der Waals surface area contributed by atoms with Crippen LogP contribution in [0, 0.1) is 17.8 Å². The summed E-state index contributed by atoms with van der Waals surface area (Å²) in [4.78, 5) is 2.62. The summed E-state index contributed by atoms with van der Waals surface area (Å²) in [6.45, 7) is 8.63. The van der Waals surface area contributed by atoms with Crippen molar-refractivity contribution >= 4 is 0 Å². The Balaban J connectivity index is 1.88. The van der Waals surface area contributed by atoms with Crippen molar-refractivity contribution < 1.29 is 0 Å². The van der Waals surface area contributed by atoms with Crippen molar-refractivity contribution in [1.82, 2.24) is 4.90 Å². The molecule has 1 aliphatic carbocycles. The standard InChI is InChI=1S/C13H26N2/c1-10-7-11(2)12(13(14)8-10)9-15-5-3-4-6-15/h10-13H,3-9,14H2,1-2H3. The zero-order chi connectivity index (χ0) is 10.8. The largest absolute Gasteiger partial charge is 0.327 e. The molecule has 0 aromatic heterocycles. The smallest absolute Gasteiger partial charge is 0.00844 e. The molecule has 4 atom stereocenters. The number of hydrogen-bond acceptors (Lipinski definition) is 2. The second kappa shape index (κ2) is 4.84. The van der Waals surface area contributed by atoms with Crippen LogP contribution >= 0.6 is 0 Å². The van der Waals surface area contributed by atoms with Gasteiger partial charge in [-0.2, -0.15) is 0 Å². The van der Waals surface area contributed by atoms with Gasteiger partial charge in [-0.15, -0.1) is 0 Å². The molecule has 2 aliphatic rings. The van der Waals surface area contributed by atoms with Crippen molar-refractivity contribution in [1.29, 1.82) is 0 Å². The Labute approximate surface area is 94.2 Å². The minimum Gasteiger partial charge on any atom is -0.327 e. The molecule has 2 N–H and O–H groups in total. The highest BCUT2D eigenvalue weighted by molar-refractivity contribution is 4.88. The van der Waals surface area contributed by atoms with Crippen molar-refractivity contribution in [3.8, 4) is 0 Å². The first-order chi connectivity index (χ1) is 7.16. The van der Waals surface area contributed by atoms with E-state index in [1.165, 1.54) is 45.3 Å². The first-order valence-electron chi connectivity index (χ1n) is 6.64. The second-order valence-electron chi connectivity index (χ2n) is 5.89. The normalized spacial score (nSPS) is 43.4. The summed E-state index contributed by atoms with van der Waals surface area (Å²) >= 11 is 0. The van der Waals surface area contributed by atoms with Crippen molar-refractivity contribution in [2.75, 3.05) is 19.6 Å². The molecule has 1 saturated carbocycles.